The number of benzene rings is 2. The van der Waals surface area contributed by atoms with Crippen LogP contribution >= 0.6 is 35.0 Å². The Morgan fingerprint density at radius 1 is 0.964 bits per heavy atom. The van der Waals surface area contributed by atoms with Gasteiger partial charge >= 0.3 is 0 Å². The number of nitrogens with one attached hydrogen (secondary N) is 1. The Hall–Kier alpha value is -1.20. The van der Waals surface area contributed by atoms with Gasteiger partial charge in [-0.05, 0) is 54.8 Å². The van der Waals surface area contributed by atoms with Gasteiger partial charge in [-0.1, -0.05) is 60.0 Å². The molecule has 1 heterocycles. The second-order valence-corrected chi connectivity index (χ2v) is 8.92. The number of amides is 1. The molecule has 0 spiro atoms. The zero-order valence-electron chi connectivity index (χ0n) is 15.9. The Morgan fingerprint density at radius 3 is 2.29 bits per heavy atom. The van der Waals surface area contributed by atoms with E-state index in [1.54, 1.807) is 0 Å². The molecule has 3 rings (SSSR count). The number of carbonyl (C=O) groups excluding carboxylic acids is 1. The first kappa shape index (κ1) is 21.5. The molecule has 2 aromatic carbocycles. The smallest absolute Gasteiger partial charge is 0.230 e. The van der Waals surface area contributed by atoms with Crippen molar-refractivity contribution in [1.29, 1.82) is 0 Å². The van der Waals surface area contributed by atoms with E-state index in [2.05, 4.69) is 34.5 Å². The van der Waals surface area contributed by atoms with E-state index in [1.165, 1.54) is 49.7 Å². The Morgan fingerprint density at radius 2 is 1.61 bits per heavy atom. The average molecular weight is 437 g/mol. The van der Waals surface area contributed by atoms with Crippen molar-refractivity contribution in [2.45, 2.75) is 38.1 Å². The molecule has 0 aliphatic carbocycles. The van der Waals surface area contributed by atoms with E-state index in [-0.39, 0.29) is 5.91 Å². The number of hydrogen-bond acceptors (Lipinski definition) is 3. The fraction of sp³-hybridized carbons (Fsp3) is 0.409. The maximum absolute atomic E-state index is 12.1. The molecule has 28 heavy (non-hydrogen) atoms. The summed E-state index contributed by atoms with van der Waals surface area (Å²) < 4.78 is 0. The van der Waals surface area contributed by atoms with Gasteiger partial charge in [0, 0.05) is 28.9 Å². The first-order chi connectivity index (χ1) is 13.6. The first-order valence-corrected chi connectivity index (χ1v) is 11.6. The minimum atomic E-state index is 0.0190. The Labute approximate surface area is 181 Å². The van der Waals surface area contributed by atoms with Gasteiger partial charge in [0.05, 0.1) is 5.75 Å². The van der Waals surface area contributed by atoms with Crippen molar-refractivity contribution in [3.63, 3.8) is 0 Å². The van der Waals surface area contributed by atoms with Crippen molar-refractivity contribution >= 4 is 40.9 Å². The van der Waals surface area contributed by atoms with Crippen molar-refractivity contribution < 1.29 is 4.79 Å². The van der Waals surface area contributed by atoms with Gasteiger partial charge in [-0.3, -0.25) is 9.69 Å². The number of thioether (sulfide) groups is 1. The maximum atomic E-state index is 12.1. The van der Waals surface area contributed by atoms with Gasteiger partial charge in [-0.25, -0.2) is 0 Å². The molecule has 0 unspecified atom stereocenters. The largest absolute Gasteiger partial charge is 0.351 e. The topological polar surface area (TPSA) is 32.3 Å². The Balaban J connectivity index is 1.38. The number of hydrogen-bond donors (Lipinski definition) is 1. The fourth-order valence-electron chi connectivity index (χ4n) is 3.31. The van der Waals surface area contributed by atoms with E-state index >= 15 is 0 Å². The minimum absolute atomic E-state index is 0.0190. The predicted molar refractivity (Wildman–Crippen MR) is 120 cm³/mol. The molecule has 0 bridgehead atoms. The van der Waals surface area contributed by atoms with E-state index in [1.807, 2.05) is 18.2 Å². The van der Waals surface area contributed by atoms with Gasteiger partial charge in [-0.2, -0.15) is 0 Å². The third kappa shape index (κ3) is 6.70. The molecule has 0 aromatic heterocycles. The van der Waals surface area contributed by atoms with E-state index in [0.717, 1.165) is 17.7 Å². The summed E-state index contributed by atoms with van der Waals surface area (Å²) in [6.45, 7) is 3.98. The fourth-order valence-corrected chi connectivity index (χ4v) is 4.90. The molecule has 150 valence electrons. The van der Waals surface area contributed by atoms with Crippen molar-refractivity contribution in [3.8, 4) is 0 Å². The Kier molecular flexibility index (Phi) is 8.53. The summed E-state index contributed by atoms with van der Waals surface area (Å²) in [7, 11) is 0. The van der Waals surface area contributed by atoms with Crippen LogP contribution in [-0.2, 0) is 23.6 Å². The quantitative estimate of drug-likeness (QED) is 0.590. The van der Waals surface area contributed by atoms with E-state index in [4.69, 9.17) is 23.2 Å². The molecule has 1 aliphatic rings. The lowest BCUT2D eigenvalue weighted by atomic mass is 10.1. The van der Waals surface area contributed by atoms with Gasteiger partial charge in [0.25, 0.3) is 0 Å². The lowest BCUT2D eigenvalue weighted by Crippen LogP contribution is -2.29. The summed E-state index contributed by atoms with van der Waals surface area (Å²) in [5.41, 5.74) is 3.34. The molecule has 1 N–H and O–H groups in total. The summed E-state index contributed by atoms with van der Waals surface area (Å²) in [6.07, 6.45) is 3.98. The van der Waals surface area contributed by atoms with Crippen LogP contribution in [0.3, 0.4) is 0 Å². The van der Waals surface area contributed by atoms with Crippen LogP contribution in [0.15, 0.2) is 42.5 Å². The van der Waals surface area contributed by atoms with Gasteiger partial charge < -0.3 is 5.32 Å². The molecule has 3 nitrogen and oxygen atoms in total. The average Bonchev–Trinajstić information content (AvgIpc) is 2.70. The normalized spacial score (nSPS) is 14.8. The van der Waals surface area contributed by atoms with Gasteiger partial charge in [0.15, 0.2) is 0 Å². The van der Waals surface area contributed by atoms with Crippen LogP contribution < -0.4 is 5.32 Å². The van der Waals surface area contributed by atoms with Crippen LogP contribution in [-0.4, -0.2) is 29.6 Å². The standard InChI is InChI=1S/C22H26Cl2N2OS/c23-20-5-4-6-21(24)19(20)15-28-16-22(27)25-13-17-7-9-18(10-8-17)14-26-11-2-1-3-12-26/h4-10H,1-3,11-16H2,(H,25,27). The number of halogens is 2. The van der Waals surface area contributed by atoms with Gasteiger partial charge in [0.2, 0.25) is 5.91 Å². The summed E-state index contributed by atoms with van der Waals surface area (Å²) in [5.74, 6) is 1.02. The molecular weight excluding hydrogens is 411 g/mol. The van der Waals surface area contributed by atoms with Crippen LogP contribution in [0.1, 0.15) is 36.0 Å². The Bertz CT molecular complexity index is 756. The van der Waals surface area contributed by atoms with E-state index in [9.17, 15) is 4.79 Å². The minimum Gasteiger partial charge on any atom is -0.351 e. The van der Waals surface area contributed by atoms with Gasteiger partial charge in [-0.15, -0.1) is 11.8 Å². The molecule has 0 saturated carbocycles. The van der Waals surface area contributed by atoms with Gasteiger partial charge in [0.1, 0.15) is 0 Å². The summed E-state index contributed by atoms with van der Waals surface area (Å²) in [4.78, 5) is 14.6. The SMILES string of the molecule is O=C(CSCc1c(Cl)cccc1Cl)NCc1ccc(CN2CCCCC2)cc1. The number of piperidine rings is 1. The van der Waals surface area contributed by atoms with E-state index < -0.39 is 0 Å². The molecule has 0 radical (unpaired) electrons. The van der Waals surface area contributed by atoms with Crippen LogP contribution in [0.5, 0.6) is 0 Å². The number of rotatable bonds is 8. The highest BCUT2D eigenvalue weighted by molar-refractivity contribution is 7.99. The lowest BCUT2D eigenvalue weighted by molar-refractivity contribution is -0.118. The van der Waals surface area contributed by atoms with Crippen LogP contribution in [0, 0.1) is 0 Å². The number of nitrogens with zero attached hydrogens (tertiary/aromatic N) is 1. The second-order valence-electron chi connectivity index (χ2n) is 7.12. The van der Waals surface area contributed by atoms with Crippen molar-refractivity contribution in [2.75, 3.05) is 18.8 Å². The monoisotopic (exact) mass is 436 g/mol. The summed E-state index contributed by atoms with van der Waals surface area (Å²) >= 11 is 13.8. The van der Waals surface area contributed by atoms with Crippen LogP contribution in [0.2, 0.25) is 10.0 Å². The van der Waals surface area contributed by atoms with Crippen molar-refractivity contribution in [1.82, 2.24) is 10.2 Å². The zero-order valence-corrected chi connectivity index (χ0v) is 18.3. The maximum Gasteiger partial charge on any atom is 0.230 e. The molecule has 1 amide bonds. The molecule has 1 fully saturated rings. The lowest BCUT2D eigenvalue weighted by Gasteiger charge is -2.26. The third-order valence-corrected chi connectivity index (χ3v) is 6.58. The molecule has 1 saturated heterocycles. The summed E-state index contributed by atoms with van der Waals surface area (Å²) in [5, 5.41) is 4.27. The van der Waals surface area contributed by atoms with E-state index in [0.29, 0.717) is 28.1 Å². The van der Waals surface area contributed by atoms with Crippen LogP contribution in [0.4, 0.5) is 0 Å². The first-order valence-electron chi connectivity index (χ1n) is 9.69. The number of carbonyl (C=O) groups is 1. The second kappa shape index (κ2) is 11.1. The van der Waals surface area contributed by atoms with Crippen LogP contribution in [0.25, 0.3) is 0 Å². The predicted octanol–water partition coefficient (Wildman–Crippen LogP) is 5.53. The third-order valence-electron chi connectivity index (χ3n) is 4.91. The zero-order chi connectivity index (χ0) is 19.8. The molecular formula is C22H26Cl2N2OS. The number of likely N-dealkylation sites (tertiary alicyclic amines) is 1. The molecule has 0 atom stereocenters. The highest BCUT2D eigenvalue weighted by atomic mass is 35.5. The molecule has 6 heteroatoms. The summed E-state index contributed by atoms with van der Waals surface area (Å²) in [6, 6.07) is 14.0. The molecule has 2 aromatic rings. The van der Waals surface area contributed by atoms with Crippen molar-refractivity contribution in [3.05, 3.63) is 69.2 Å². The molecule has 1 aliphatic heterocycles. The van der Waals surface area contributed by atoms with Crippen molar-refractivity contribution in [2.24, 2.45) is 0 Å². The highest BCUT2D eigenvalue weighted by Crippen LogP contribution is 2.28. The highest BCUT2D eigenvalue weighted by Gasteiger charge is 2.10.